The van der Waals surface area contributed by atoms with Crippen LogP contribution < -0.4 is 5.32 Å². The van der Waals surface area contributed by atoms with Crippen molar-refractivity contribution in [2.45, 2.75) is 33.1 Å². The molecule has 3 heterocycles. The highest BCUT2D eigenvalue weighted by molar-refractivity contribution is 7.15. The molecule has 0 atom stereocenters. The first-order chi connectivity index (χ1) is 16.7. The third-order valence-electron chi connectivity index (χ3n) is 6.76. The second-order valence-electron chi connectivity index (χ2n) is 9.27. The van der Waals surface area contributed by atoms with Crippen molar-refractivity contribution in [2.75, 3.05) is 31.5 Å². The average molecular weight is 514 g/mol. The lowest BCUT2D eigenvalue weighted by atomic mass is 9.78. The van der Waals surface area contributed by atoms with E-state index in [1.165, 1.54) is 31.3 Å². The minimum Gasteiger partial charge on any atom is -0.339 e. The van der Waals surface area contributed by atoms with E-state index in [1.54, 1.807) is 36.4 Å². The number of hydrogen-bond acceptors (Lipinski definition) is 5. The lowest BCUT2D eigenvalue weighted by Gasteiger charge is -2.39. The predicted octanol–water partition coefficient (Wildman–Crippen LogP) is 4.73. The van der Waals surface area contributed by atoms with Gasteiger partial charge in [-0.2, -0.15) is 0 Å². The average Bonchev–Trinajstić information content (AvgIpc) is 3.46. The molecule has 9 heteroatoms. The Balaban J connectivity index is 1.34. The van der Waals surface area contributed by atoms with Crippen LogP contribution >= 0.6 is 22.9 Å². The van der Waals surface area contributed by atoms with Crippen molar-refractivity contribution in [3.05, 3.63) is 56.7 Å². The van der Waals surface area contributed by atoms with Crippen LogP contribution in [0.5, 0.6) is 0 Å². The summed E-state index contributed by atoms with van der Waals surface area (Å²) in [6.07, 6.45) is 5.85. The Labute approximate surface area is 213 Å². The van der Waals surface area contributed by atoms with Crippen LogP contribution in [-0.4, -0.2) is 59.5 Å². The van der Waals surface area contributed by atoms with Gasteiger partial charge in [-0.1, -0.05) is 17.7 Å². The molecular weight excluding hydrogens is 486 g/mol. The molecule has 2 saturated heterocycles. The van der Waals surface area contributed by atoms with Gasteiger partial charge in [0.25, 0.3) is 5.91 Å². The molecule has 184 valence electrons. The molecule has 0 bridgehead atoms. The number of thiophene rings is 1. The molecule has 1 aromatic carbocycles. The van der Waals surface area contributed by atoms with E-state index in [4.69, 9.17) is 11.6 Å². The molecule has 2 fully saturated rings. The van der Waals surface area contributed by atoms with Crippen LogP contribution in [-0.2, 0) is 9.59 Å². The molecule has 0 saturated carbocycles. The monoisotopic (exact) mass is 513 g/mol. The molecule has 7 nitrogen and oxygen atoms in total. The summed E-state index contributed by atoms with van der Waals surface area (Å²) in [5.41, 5.74) is 1.30. The Bertz CT molecular complexity index is 1200. The molecule has 35 heavy (non-hydrogen) atoms. The SMILES string of the molecule is CC(=O)Nc1cc(Cl)ccc1C=CC(=O)N1CCC2(CCN(C(=O)c3ccc(C(C)=O)s3)CC2)C1. The summed E-state index contributed by atoms with van der Waals surface area (Å²) in [5, 5.41) is 3.24. The van der Waals surface area contributed by atoms with E-state index in [0.29, 0.717) is 52.2 Å². The Morgan fingerprint density at radius 2 is 1.63 bits per heavy atom. The zero-order valence-corrected chi connectivity index (χ0v) is 21.4. The number of benzene rings is 1. The zero-order chi connectivity index (χ0) is 25.2. The normalized spacial score (nSPS) is 17.2. The smallest absolute Gasteiger partial charge is 0.263 e. The number of nitrogens with one attached hydrogen (secondary N) is 1. The summed E-state index contributed by atoms with van der Waals surface area (Å²) in [6, 6.07) is 8.58. The molecule has 1 N–H and O–H groups in total. The maximum atomic E-state index is 12.9. The van der Waals surface area contributed by atoms with Crippen molar-refractivity contribution in [1.29, 1.82) is 0 Å². The van der Waals surface area contributed by atoms with Crippen LogP contribution in [0, 0.1) is 5.41 Å². The summed E-state index contributed by atoms with van der Waals surface area (Å²) < 4.78 is 0. The Morgan fingerprint density at radius 3 is 2.26 bits per heavy atom. The van der Waals surface area contributed by atoms with Crippen molar-refractivity contribution in [3.8, 4) is 0 Å². The lowest BCUT2D eigenvalue weighted by Crippen LogP contribution is -2.44. The number of anilines is 1. The molecule has 0 radical (unpaired) electrons. The lowest BCUT2D eigenvalue weighted by molar-refractivity contribution is -0.125. The fraction of sp³-hybridized carbons (Fsp3) is 0.385. The van der Waals surface area contributed by atoms with Gasteiger partial charge >= 0.3 is 0 Å². The zero-order valence-electron chi connectivity index (χ0n) is 19.8. The first kappa shape index (κ1) is 25.1. The fourth-order valence-electron chi connectivity index (χ4n) is 4.75. The van der Waals surface area contributed by atoms with Gasteiger partial charge in [-0.25, -0.2) is 0 Å². The number of halogens is 1. The molecule has 1 aromatic heterocycles. The maximum Gasteiger partial charge on any atom is 0.263 e. The van der Waals surface area contributed by atoms with Crippen molar-refractivity contribution >= 4 is 58.2 Å². The van der Waals surface area contributed by atoms with E-state index in [-0.39, 0.29) is 28.9 Å². The van der Waals surface area contributed by atoms with Crippen molar-refractivity contribution < 1.29 is 19.2 Å². The van der Waals surface area contributed by atoms with Gasteiger partial charge in [0, 0.05) is 49.9 Å². The van der Waals surface area contributed by atoms with Crippen molar-refractivity contribution in [3.63, 3.8) is 0 Å². The van der Waals surface area contributed by atoms with E-state index in [9.17, 15) is 19.2 Å². The summed E-state index contributed by atoms with van der Waals surface area (Å²) in [7, 11) is 0. The van der Waals surface area contributed by atoms with Gasteiger partial charge in [0.1, 0.15) is 0 Å². The van der Waals surface area contributed by atoms with Gasteiger partial charge in [-0.05, 0) is 67.5 Å². The molecule has 2 aliphatic heterocycles. The van der Waals surface area contributed by atoms with Crippen LogP contribution in [0.3, 0.4) is 0 Å². The van der Waals surface area contributed by atoms with Crippen molar-refractivity contribution in [2.24, 2.45) is 5.41 Å². The van der Waals surface area contributed by atoms with Crippen LogP contribution in [0.2, 0.25) is 5.02 Å². The number of Topliss-reactive ketones (excluding diaryl/α,β-unsaturated/α-hetero) is 1. The molecule has 1 spiro atoms. The summed E-state index contributed by atoms with van der Waals surface area (Å²) in [4.78, 5) is 53.7. The number of carbonyl (C=O) groups is 4. The van der Waals surface area contributed by atoms with E-state index < -0.39 is 0 Å². The van der Waals surface area contributed by atoms with Crippen LogP contribution in [0.25, 0.3) is 6.08 Å². The highest BCUT2D eigenvalue weighted by Gasteiger charge is 2.42. The number of hydrogen-bond donors (Lipinski definition) is 1. The largest absolute Gasteiger partial charge is 0.339 e. The van der Waals surface area contributed by atoms with Gasteiger partial charge in [0.15, 0.2) is 5.78 Å². The molecular formula is C26H28ClN3O4S. The minimum atomic E-state index is -0.210. The summed E-state index contributed by atoms with van der Waals surface area (Å²) in [5.74, 6) is -0.333. The molecule has 2 aliphatic rings. The fourth-order valence-corrected chi connectivity index (χ4v) is 5.79. The molecule has 2 aromatic rings. The molecule has 0 aliphatic carbocycles. The minimum absolute atomic E-state index is 0.0239. The summed E-state index contributed by atoms with van der Waals surface area (Å²) >= 11 is 7.29. The second-order valence-corrected chi connectivity index (χ2v) is 10.8. The standard InChI is InChI=1S/C26H28ClN3O4S/c1-17(31)22-6-7-23(35-22)25(34)29-12-9-26(10-13-29)11-14-30(16-26)24(33)8-4-19-3-5-20(27)15-21(19)28-18(2)32/h3-8,15H,9-14,16H2,1-2H3,(H,28,32). The predicted molar refractivity (Wildman–Crippen MR) is 138 cm³/mol. The van der Waals surface area contributed by atoms with Gasteiger partial charge in [0.2, 0.25) is 11.8 Å². The highest BCUT2D eigenvalue weighted by Crippen LogP contribution is 2.41. The number of likely N-dealkylation sites (tertiary alicyclic amines) is 2. The third-order valence-corrected chi connectivity index (χ3v) is 8.17. The van der Waals surface area contributed by atoms with Gasteiger partial charge < -0.3 is 15.1 Å². The first-order valence-electron chi connectivity index (χ1n) is 11.6. The van der Waals surface area contributed by atoms with Gasteiger partial charge in [-0.3, -0.25) is 19.2 Å². The van der Waals surface area contributed by atoms with Crippen LogP contribution in [0.1, 0.15) is 58.0 Å². The van der Waals surface area contributed by atoms with Gasteiger partial charge in [0.05, 0.1) is 9.75 Å². The number of nitrogens with zero attached hydrogens (tertiary/aromatic N) is 2. The van der Waals surface area contributed by atoms with E-state index in [0.717, 1.165) is 19.3 Å². The summed E-state index contributed by atoms with van der Waals surface area (Å²) in [6.45, 7) is 5.58. The van der Waals surface area contributed by atoms with E-state index in [1.807, 2.05) is 9.80 Å². The first-order valence-corrected chi connectivity index (χ1v) is 12.8. The number of piperidine rings is 1. The Kier molecular flexibility index (Phi) is 7.42. The molecule has 3 amide bonds. The maximum absolute atomic E-state index is 12.9. The van der Waals surface area contributed by atoms with Crippen LogP contribution in [0.4, 0.5) is 5.69 Å². The quantitative estimate of drug-likeness (QED) is 0.462. The molecule has 0 unspecified atom stereocenters. The second kappa shape index (κ2) is 10.3. The number of ketones is 1. The van der Waals surface area contributed by atoms with Gasteiger partial charge in [-0.15, -0.1) is 11.3 Å². The molecule has 4 rings (SSSR count). The van der Waals surface area contributed by atoms with Crippen molar-refractivity contribution in [1.82, 2.24) is 9.80 Å². The Hall–Kier alpha value is -2.97. The van der Waals surface area contributed by atoms with E-state index in [2.05, 4.69) is 5.32 Å². The highest BCUT2D eigenvalue weighted by atomic mass is 35.5. The number of amides is 3. The number of carbonyl (C=O) groups excluding carboxylic acids is 4. The van der Waals surface area contributed by atoms with E-state index >= 15 is 0 Å². The number of rotatable bonds is 5. The topological polar surface area (TPSA) is 86.8 Å². The Morgan fingerprint density at radius 1 is 0.971 bits per heavy atom. The van der Waals surface area contributed by atoms with Crippen LogP contribution in [0.15, 0.2) is 36.4 Å². The third kappa shape index (κ3) is 5.82.